The van der Waals surface area contributed by atoms with Crippen LogP contribution < -0.4 is 10.1 Å². The molecule has 1 N–H and O–H groups in total. The van der Waals surface area contributed by atoms with Gasteiger partial charge in [-0.05, 0) is 13.0 Å². The standard InChI is InChI=1S/C9H17N3OS/c1-3-5-10-6-7-13-9-11-8(4-2)12-14-9/h10H,3-7H2,1-2H3. The summed E-state index contributed by atoms with van der Waals surface area (Å²) in [6.07, 6.45) is 2.02. The number of ether oxygens (including phenoxy) is 1. The number of aryl methyl sites for hydroxylation is 1. The van der Waals surface area contributed by atoms with Gasteiger partial charge in [-0.1, -0.05) is 13.8 Å². The van der Waals surface area contributed by atoms with Crippen LogP contribution in [0.4, 0.5) is 0 Å². The molecule has 0 amide bonds. The maximum atomic E-state index is 5.42. The van der Waals surface area contributed by atoms with Crippen LogP contribution in [0.1, 0.15) is 26.1 Å². The van der Waals surface area contributed by atoms with Crippen LogP contribution in [0.5, 0.6) is 5.19 Å². The van der Waals surface area contributed by atoms with Crippen LogP contribution in [0.15, 0.2) is 0 Å². The summed E-state index contributed by atoms with van der Waals surface area (Å²) in [4.78, 5) is 4.20. The molecule has 1 aromatic heterocycles. The van der Waals surface area contributed by atoms with E-state index in [1.54, 1.807) is 0 Å². The highest BCUT2D eigenvalue weighted by Crippen LogP contribution is 2.13. The molecule has 0 saturated carbocycles. The lowest BCUT2D eigenvalue weighted by molar-refractivity contribution is 0.312. The van der Waals surface area contributed by atoms with E-state index < -0.39 is 0 Å². The second kappa shape index (κ2) is 6.73. The highest BCUT2D eigenvalue weighted by Gasteiger charge is 2.01. The van der Waals surface area contributed by atoms with Gasteiger partial charge in [0.2, 0.25) is 0 Å². The van der Waals surface area contributed by atoms with Gasteiger partial charge < -0.3 is 10.1 Å². The third-order valence-corrected chi connectivity index (χ3v) is 2.36. The first-order valence-electron chi connectivity index (χ1n) is 5.03. The molecule has 0 spiro atoms. The fraction of sp³-hybridized carbons (Fsp3) is 0.778. The summed E-state index contributed by atoms with van der Waals surface area (Å²) < 4.78 is 9.55. The molecule has 1 heterocycles. The first-order chi connectivity index (χ1) is 6.86. The molecule has 1 aromatic rings. The zero-order chi connectivity index (χ0) is 10.2. The van der Waals surface area contributed by atoms with Crippen LogP contribution >= 0.6 is 11.5 Å². The van der Waals surface area contributed by atoms with Gasteiger partial charge in [-0.25, -0.2) is 0 Å². The van der Waals surface area contributed by atoms with Crippen LogP contribution in [0.3, 0.4) is 0 Å². The van der Waals surface area contributed by atoms with Crippen molar-refractivity contribution < 1.29 is 4.74 Å². The second-order valence-electron chi connectivity index (χ2n) is 2.93. The Morgan fingerprint density at radius 2 is 2.21 bits per heavy atom. The number of hydrogen-bond donors (Lipinski definition) is 1. The molecule has 0 fully saturated rings. The molecule has 0 unspecified atom stereocenters. The van der Waals surface area contributed by atoms with Gasteiger partial charge in [0.05, 0.1) is 0 Å². The van der Waals surface area contributed by atoms with Gasteiger partial charge in [-0.3, -0.25) is 0 Å². The number of aromatic nitrogens is 2. The van der Waals surface area contributed by atoms with Crippen molar-refractivity contribution in [1.82, 2.24) is 14.7 Å². The highest BCUT2D eigenvalue weighted by molar-refractivity contribution is 7.07. The Morgan fingerprint density at radius 3 is 2.86 bits per heavy atom. The Hall–Kier alpha value is -0.680. The minimum Gasteiger partial charge on any atom is -0.468 e. The normalized spacial score (nSPS) is 10.4. The van der Waals surface area contributed by atoms with Crippen LogP contribution in [-0.2, 0) is 6.42 Å². The molecule has 14 heavy (non-hydrogen) atoms. The Balaban J connectivity index is 2.12. The van der Waals surface area contributed by atoms with Crippen LogP contribution in [-0.4, -0.2) is 29.1 Å². The molecule has 0 aliphatic carbocycles. The van der Waals surface area contributed by atoms with Gasteiger partial charge in [-0.15, -0.1) is 0 Å². The lowest BCUT2D eigenvalue weighted by Crippen LogP contribution is -2.21. The van der Waals surface area contributed by atoms with E-state index in [1.807, 2.05) is 6.92 Å². The first-order valence-corrected chi connectivity index (χ1v) is 5.80. The van der Waals surface area contributed by atoms with Gasteiger partial charge >= 0.3 is 0 Å². The quantitative estimate of drug-likeness (QED) is 0.700. The Morgan fingerprint density at radius 1 is 1.36 bits per heavy atom. The van der Waals surface area contributed by atoms with Crippen molar-refractivity contribution in [2.24, 2.45) is 0 Å². The van der Waals surface area contributed by atoms with E-state index in [-0.39, 0.29) is 0 Å². The fourth-order valence-corrected chi connectivity index (χ4v) is 1.59. The van der Waals surface area contributed by atoms with E-state index >= 15 is 0 Å². The van der Waals surface area contributed by atoms with Crippen molar-refractivity contribution in [2.45, 2.75) is 26.7 Å². The minimum atomic E-state index is 0.665. The molecule has 0 aliphatic heterocycles. The van der Waals surface area contributed by atoms with Gasteiger partial charge in [-0.2, -0.15) is 9.36 Å². The molecule has 80 valence electrons. The molecule has 5 heteroatoms. The average Bonchev–Trinajstić information content (AvgIpc) is 2.65. The zero-order valence-corrected chi connectivity index (χ0v) is 9.56. The molecule has 0 saturated heterocycles. The lowest BCUT2D eigenvalue weighted by Gasteiger charge is -2.02. The SMILES string of the molecule is CCCNCCOc1nc(CC)ns1. The van der Waals surface area contributed by atoms with Crippen LogP contribution in [0.2, 0.25) is 0 Å². The smallest absolute Gasteiger partial charge is 0.293 e. The Labute approximate surface area is 88.9 Å². The molecular weight excluding hydrogens is 198 g/mol. The first kappa shape index (κ1) is 11.4. The molecular formula is C9H17N3OS. The molecule has 4 nitrogen and oxygen atoms in total. The predicted molar refractivity (Wildman–Crippen MR) is 57.9 cm³/mol. The van der Waals surface area contributed by atoms with Crippen molar-refractivity contribution in [1.29, 1.82) is 0 Å². The van der Waals surface area contributed by atoms with E-state index in [0.717, 1.165) is 31.8 Å². The summed E-state index contributed by atoms with van der Waals surface area (Å²) in [5, 5.41) is 3.94. The third kappa shape index (κ3) is 4.02. The van der Waals surface area contributed by atoms with E-state index in [0.29, 0.717) is 11.8 Å². The summed E-state index contributed by atoms with van der Waals surface area (Å²) >= 11 is 1.33. The zero-order valence-electron chi connectivity index (χ0n) is 8.75. The number of rotatable bonds is 7. The van der Waals surface area contributed by atoms with Gasteiger partial charge in [0.25, 0.3) is 5.19 Å². The van der Waals surface area contributed by atoms with Crippen LogP contribution in [0.25, 0.3) is 0 Å². The lowest BCUT2D eigenvalue weighted by atomic mass is 10.5. The topological polar surface area (TPSA) is 47.0 Å². The maximum absolute atomic E-state index is 5.42. The van der Waals surface area contributed by atoms with E-state index in [2.05, 4.69) is 21.6 Å². The van der Waals surface area contributed by atoms with Crippen molar-refractivity contribution in [3.8, 4) is 5.19 Å². The highest BCUT2D eigenvalue weighted by atomic mass is 32.1. The predicted octanol–water partition coefficient (Wildman–Crippen LogP) is 1.48. The molecule has 0 aromatic carbocycles. The summed E-state index contributed by atoms with van der Waals surface area (Å²) in [5.74, 6) is 0.867. The summed E-state index contributed by atoms with van der Waals surface area (Å²) in [5.41, 5.74) is 0. The number of hydrogen-bond acceptors (Lipinski definition) is 5. The molecule has 0 atom stereocenters. The van der Waals surface area contributed by atoms with Gasteiger partial charge in [0.1, 0.15) is 12.4 Å². The van der Waals surface area contributed by atoms with Crippen molar-refractivity contribution in [2.75, 3.05) is 19.7 Å². The van der Waals surface area contributed by atoms with Crippen LogP contribution in [0, 0.1) is 0 Å². The largest absolute Gasteiger partial charge is 0.468 e. The monoisotopic (exact) mass is 215 g/mol. The van der Waals surface area contributed by atoms with Gasteiger partial charge in [0, 0.05) is 24.5 Å². The fourth-order valence-electron chi connectivity index (χ4n) is 0.952. The summed E-state index contributed by atoms with van der Waals surface area (Å²) in [7, 11) is 0. The Kier molecular flexibility index (Phi) is 5.47. The number of nitrogens with zero attached hydrogens (tertiary/aromatic N) is 2. The van der Waals surface area contributed by atoms with Crippen molar-refractivity contribution in [3.05, 3.63) is 5.82 Å². The maximum Gasteiger partial charge on any atom is 0.293 e. The third-order valence-electron chi connectivity index (χ3n) is 1.70. The molecule has 1 rings (SSSR count). The summed E-state index contributed by atoms with van der Waals surface area (Å²) in [6.45, 7) is 6.76. The molecule has 0 aliphatic rings. The van der Waals surface area contributed by atoms with Crippen molar-refractivity contribution in [3.63, 3.8) is 0 Å². The average molecular weight is 215 g/mol. The number of nitrogens with one attached hydrogen (secondary N) is 1. The second-order valence-corrected chi connectivity index (χ2v) is 3.64. The molecule has 0 radical (unpaired) electrons. The molecule has 0 bridgehead atoms. The minimum absolute atomic E-state index is 0.665. The van der Waals surface area contributed by atoms with E-state index in [1.165, 1.54) is 11.5 Å². The van der Waals surface area contributed by atoms with Crippen molar-refractivity contribution >= 4 is 11.5 Å². The van der Waals surface area contributed by atoms with Gasteiger partial charge in [0.15, 0.2) is 0 Å². The van der Waals surface area contributed by atoms with E-state index in [4.69, 9.17) is 4.74 Å². The Bertz CT molecular complexity index is 252. The van der Waals surface area contributed by atoms with E-state index in [9.17, 15) is 0 Å². The summed E-state index contributed by atoms with van der Waals surface area (Å²) in [6, 6.07) is 0.